The van der Waals surface area contributed by atoms with Gasteiger partial charge in [-0.2, -0.15) is 13.2 Å². The first-order valence-corrected chi connectivity index (χ1v) is 14.3. The second-order valence-corrected chi connectivity index (χ2v) is 11.8. The second-order valence-electron chi connectivity index (χ2n) is 11.8. The van der Waals surface area contributed by atoms with Gasteiger partial charge in [-0.15, -0.1) is 0 Å². The van der Waals surface area contributed by atoms with Crippen molar-refractivity contribution in [2.24, 2.45) is 11.3 Å². The normalized spacial score (nSPS) is 28.9. The number of halogens is 3. The highest BCUT2D eigenvalue weighted by Crippen LogP contribution is 2.55. The van der Waals surface area contributed by atoms with Crippen LogP contribution in [0.1, 0.15) is 78.9 Å². The molecule has 6 rings (SSSR count). The van der Waals surface area contributed by atoms with Crippen LogP contribution >= 0.6 is 0 Å². The van der Waals surface area contributed by atoms with Gasteiger partial charge >= 0.3 is 12.1 Å². The first kappa shape index (κ1) is 27.1. The molecule has 1 aliphatic carbocycles. The van der Waals surface area contributed by atoms with Crippen LogP contribution in [0.4, 0.5) is 13.2 Å². The molecule has 0 bridgehead atoms. The fourth-order valence-electron chi connectivity index (χ4n) is 7.47. The van der Waals surface area contributed by atoms with Crippen molar-refractivity contribution in [3.05, 3.63) is 64.7 Å². The molecule has 0 aromatic heterocycles. The van der Waals surface area contributed by atoms with Crippen LogP contribution in [0.15, 0.2) is 42.5 Å². The smallest absolute Gasteiger partial charge is 0.416 e. The molecule has 9 heteroatoms. The zero-order valence-electron chi connectivity index (χ0n) is 22.9. The summed E-state index contributed by atoms with van der Waals surface area (Å²) in [6.07, 6.45) is -0.498. The fourth-order valence-corrected chi connectivity index (χ4v) is 7.47. The van der Waals surface area contributed by atoms with E-state index in [4.69, 9.17) is 9.47 Å². The second kappa shape index (κ2) is 10.1. The monoisotopic (exact) mass is 556 g/mol. The van der Waals surface area contributed by atoms with Crippen LogP contribution in [-0.4, -0.2) is 53.6 Å². The molecule has 4 atom stereocenters. The molecule has 2 unspecified atom stereocenters. The molecular formula is C31H35F3N2O4. The van der Waals surface area contributed by atoms with E-state index in [1.807, 2.05) is 12.1 Å². The van der Waals surface area contributed by atoms with Crippen molar-refractivity contribution < 1.29 is 32.2 Å². The van der Waals surface area contributed by atoms with Crippen LogP contribution in [0.25, 0.3) is 0 Å². The summed E-state index contributed by atoms with van der Waals surface area (Å²) in [5, 5.41) is 0. The van der Waals surface area contributed by atoms with Crippen LogP contribution in [0.5, 0.6) is 5.75 Å². The number of piperidine rings is 1. The topological polar surface area (TPSA) is 59.1 Å². The molecule has 4 aliphatic rings. The lowest BCUT2D eigenvalue weighted by Crippen LogP contribution is -2.42. The van der Waals surface area contributed by atoms with Gasteiger partial charge in [0.05, 0.1) is 29.7 Å². The summed E-state index contributed by atoms with van der Waals surface area (Å²) in [5.74, 6) is 0.479. The van der Waals surface area contributed by atoms with E-state index in [-0.39, 0.29) is 24.3 Å². The Morgan fingerprint density at radius 2 is 1.90 bits per heavy atom. The molecule has 214 valence electrons. The predicted molar refractivity (Wildman–Crippen MR) is 142 cm³/mol. The number of alkyl halides is 3. The average Bonchev–Trinajstić information content (AvgIpc) is 3.48. The Hall–Kier alpha value is -3.07. The van der Waals surface area contributed by atoms with E-state index in [0.717, 1.165) is 62.9 Å². The molecule has 0 N–H and O–H groups in total. The number of ether oxygens (including phenoxy) is 2. The molecule has 3 heterocycles. The molecule has 1 amide bonds. The van der Waals surface area contributed by atoms with Gasteiger partial charge in [-0.05, 0) is 93.9 Å². The van der Waals surface area contributed by atoms with Crippen molar-refractivity contribution in [3.63, 3.8) is 0 Å². The van der Waals surface area contributed by atoms with E-state index in [9.17, 15) is 22.8 Å². The minimum absolute atomic E-state index is 0.0150. The average molecular weight is 557 g/mol. The maximum atomic E-state index is 13.8. The zero-order valence-corrected chi connectivity index (χ0v) is 22.9. The Morgan fingerprint density at radius 1 is 1.12 bits per heavy atom. The van der Waals surface area contributed by atoms with Gasteiger partial charge in [0.25, 0.3) is 0 Å². The van der Waals surface area contributed by atoms with E-state index in [1.165, 1.54) is 6.07 Å². The number of esters is 1. The van der Waals surface area contributed by atoms with Crippen molar-refractivity contribution in [1.82, 2.24) is 9.80 Å². The van der Waals surface area contributed by atoms with Gasteiger partial charge in [0.1, 0.15) is 5.75 Å². The summed E-state index contributed by atoms with van der Waals surface area (Å²) in [6, 6.07) is 11.6. The van der Waals surface area contributed by atoms with Crippen LogP contribution < -0.4 is 4.74 Å². The number of nitrogens with zero attached hydrogens (tertiary/aromatic N) is 2. The van der Waals surface area contributed by atoms with Gasteiger partial charge in [-0.3, -0.25) is 4.79 Å². The van der Waals surface area contributed by atoms with Crippen LogP contribution in [0.3, 0.4) is 0 Å². The standard InChI is InChI=1S/C31H35F3N2O4/c1-3-39-28(37)22-6-4-5-21(15-22)20-10-13-35(14-11-20)25-9-12-30(17-25)19(2)27-36(29(30)38)18-23-16-24(31(32,33)34)7-8-26(23)40-27/h4-8,15-16,19-20,25,27H,3,9-14,17-18H2,1-2H3/t19?,25-,27?,30+/m1/s1. The van der Waals surface area contributed by atoms with E-state index in [2.05, 4.69) is 17.9 Å². The summed E-state index contributed by atoms with van der Waals surface area (Å²) in [6.45, 7) is 6.20. The van der Waals surface area contributed by atoms with Crippen molar-refractivity contribution in [1.29, 1.82) is 0 Å². The summed E-state index contributed by atoms with van der Waals surface area (Å²) in [4.78, 5) is 30.2. The Morgan fingerprint density at radius 3 is 2.62 bits per heavy atom. The predicted octanol–water partition coefficient (Wildman–Crippen LogP) is 6.00. The van der Waals surface area contributed by atoms with Crippen molar-refractivity contribution >= 4 is 11.9 Å². The summed E-state index contributed by atoms with van der Waals surface area (Å²) in [7, 11) is 0. The highest BCUT2D eigenvalue weighted by molar-refractivity contribution is 5.89. The van der Waals surface area contributed by atoms with Crippen molar-refractivity contribution in [3.8, 4) is 5.75 Å². The number of amides is 1. The van der Waals surface area contributed by atoms with Gasteiger partial charge in [-0.1, -0.05) is 19.1 Å². The lowest BCUT2D eigenvalue weighted by atomic mass is 9.76. The maximum Gasteiger partial charge on any atom is 0.416 e. The van der Waals surface area contributed by atoms with Gasteiger partial charge < -0.3 is 19.3 Å². The fraction of sp³-hybridized carbons (Fsp3) is 0.548. The van der Waals surface area contributed by atoms with E-state index >= 15 is 0 Å². The minimum Gasteiger partial charge on any atom is -0.470 e. The molecule has 40 heavy (non-hydrogen) atoms. The molecule has 2 aromatic rings. The minimum atomic E-state index is -4.44. The Labute approximate surface area is 232 Å². The largest absolute Gasteiger partial charge is 0.470 e. The third-order valence-corrected chi connectivity index (χ3v) is 9.71. The molecule has 2 aromatic carbocycles. The molecule has 6 nitrogen and oxygen atoms in total. The molecule has 1 spiro atoms. The van der Waals surface area contributed by atoms with Crippen molar-refractivity contribution in [2.75, 3.05) is 19.7 Å². The van der Waals surface area contributed by atoms with Crippen LogP contribution in [0, 0.1) is 11.3 Å². The van der Waals surface area contributed by atoms with Crippen molar-refractivity contribution in [2.45, 2.75) is 76.9 Å². The van der Waals surface area contributed by atoms with Gasteiger partial charge in [0.2, 0.25) is 5.91 Å². The maximum absolute atomic E-state index is 13.8. The number of likely N-dealkylation sites (tertiary alicyclic amines) is 1. The first-order valence-electron chi connectivity index (χ1n) is 14.3. The first-order chi connectivity index (χ1) is 19.1. The lowest BCUT2D eigenvalue weighted by molar-refractivity contribution is -0.140. The molecular weight excluding hydrogens is 521 g/mol. The Kier molecular flexibility index (Phi) is 6.84. The molecule has 1 saturated carbocycles. The summed E-state index contributed by atoms with van der Waals surface area (Å²) >= 11 is 0. The number of hydrogen-bond donors (Lipinski definition) is 0. The molecule has 3 fully saturated rings. The Balaban J connectivity index is 1.11. The van der Waals surface area contributed by atoms with E-state index < -0.39 is 23.4 Å². The third-order valence-electron chi connectivity index (χ3n) is 9.71. The molecule has 0 radical (unpaired) electrons. The number of benzene rings is 2. The third kappa shape index (κ3) is 4.56. The SMILES string of the molecule is CCOC(=O)c1cccc(C2CCN([C@@H]3CC[C@@]4(C3)C(=O)N3Cc5cc(C(F)(F)F)ccc5OC3C4C)CC2)c1. The van der Waals surface area contributed by atoms with Gasteiger partial charge in [-0.25, -0.2) is 4.79 Å². The molecule has 3 aliphatic heterocycles. The van der Waals surface area contributed by atoms with Crippen LogP contribution in [0.2, 0.25) is 0 Å². The molecule has 2 saturated heterocycles. The number of carbonyl (C=O) groups is 2. The van der Waals surface area contributed by atoms with Gasteiger partial charge in [0.15, 0.2) is 6.23 Å². The number of carbonyl (C=O) groups excluding carboxylic acids is 2. The lowest BCUT2D eigenvalue weighted by Gasteiger charge is -2.37. The Bertz CT molecular complexity index is 1310. The van der Waals surface area contributed by atoms with Crippen LogP contribution in [-0.2, 0) is 22.3 Å². The summed E-state index contributed by atoms with van der Waals surface area (Å²) in [5.41, 5.74) is 0.889. The number of hydrogen-bond acceptors (Lipinski definition) is 5. The highest BCUT2D eigenvalue weighted by atomic mass is 19.4. The van der Waals surface area contributed by atoms with E-state index in [1.54, 1.807) is 17.9 Å². The highest BCUT2D eigenvalue weighted by Gasteiger charge is 2.62. The zero-order chi connectivity index (χ0) is 28.2. The number of rotatable bonds is 4. The van der Waals surface area contributed by atoms with Gasteiger partial charge in [0, 0.05) is 17.5 Å². The summed E-state index contributed by atoms with van der Waals surface area (Å²) < 4.78 is 51.2. The number of fused-ring (bicyclic) bond motifs is 2. The van der Waals surface area contributed by atoms with E-state index in [0.29, 0.717) is 35.4 Å². The quantitative estimate of drug-likeness (QED) is 0.433.